The first-order chi connectivity index (χ1) is 9.05. The van der Waals surface area contributed by atoms with E-state index in [4.69, 9.17) is 5.11 Å². The molecule has 5 nitrogen and oxygen atoms in total. The summed E-state index contributed by atoms with van der Waals surface area (Å²) < 4.78 is 28.7. The molecular weight excluding hydrogens is 264 g/mol. The summed E-state index contributed by atoms with van der Waals surface area (Å²) in [6.07, 6.45) is 5.74. The van der Waals surface area contributed by atoms with Crippen LogP contribution in [0.2, 0.25) is 0 Å². The predicted octanol–water partition coefficient (Wildman–Crippen LogP) is 1.20. The maximum atomic E-state index is 12.7. The average Bonchev–Trinajstić information content (AvgIpc) is 2.64. The molecule has 0 spiro atoms. The van der Waals surface area contributed by atoms with Gasteiger partial charge in [-0.15, -0.1) is 0 Å². The van der Waals surface area contributed by atoms with Crippen molar-refractivity contribution < 1.29 is 13.5 Å². The fourth-order valence-electron chi connectivity index (χ4n) is 3.06. The van der Waals surface area contributed by atoms with Gasteiger partial charge in [0.1, 0.15) is 0 Å². The molecule has 1 unspecified atom stereocenters. The van der Waals surface area contributed by atoms with Crippen LogP contribution in [0.25, 0.3) is 0 Å². The van der Waals surface area contributed by atoms with Gasteiger partial charge in [0.2, 0.25) is 0 Å². The van der Waals surface area contributed by atoms with Crippen molar-refractivity contribution in [2.24, 2.45) is 5.92 Å². The Labute approximate surface area is 116 Å². The highest BCUT2D eigenvalue weighted by atomic mass is 32.2. The molecule has 1 atom stereocenters. The molecule has 0 saturated carbocycles. The van der Waals surface area contributed by atoms with E-state index in [-0.39, 0.29) is 18.6 Å². The Hall–Kier alpha value is -0.170. The van der Waals surface area contributed by atoms with Crippen molar-refractivity contribution in [3.63, 3.8) is 0 Å². The van der Waals surface area contributed by atoms with Crippen LogP contribution in [0.1, 0.15) is 45.4 Å². The second-order valence-electron chi connectivity index (χ2n) is 5.84. The lowest BCUT2D eigenvalue weighted by Crippen LogP contribution is -2.50. The van der Waals surface area contributed by atoms with Crippen molar-refractivity contribution in [1.82, 2.24) is 8.61 Å². The van der Waals surface area contributed by atoms with Crippen LogP contribution in [-0.2, 0) is 10.2 Å². The predicted molar refractivity (Wildman–Crippen MR) is 74.9 cm³/mol. The van der Waals surface area contributed by atoms with Crippen LogP contribution >= 0.6 is 0 Å². The first kappa shape index (κ1) is 15.2. The van der Waals surface area contributed by atoms with E-state index >= 15 is 0 Å². The quantitative estimate of drug-likeness (QED) is 0.849. The van der Waals surface area contributed by atoms with Crippen molar-refractivity contribution in [3.8, 4) is 0 Å². The van der Waals surface area contributed by atoms with Gasteiger partial charge in [-0.25, -0.2) is 0 Å². The number of hydrogen-bond acceptors (Lipinski definition) is 3. The second-order valence-corrected chi connectivity index (χ2v) is 7.72. The zero-order chi connectivity index (χ0) is 13.9. The number of hydrogen-bond donors (Lipinski definition) is 1. The van der Waals surface area contributed by atoms with E-state index in [1.165, 1.54) is 0 Å². The molecule has 0 aromatic rings. The molecule has 2 saturated heterocycles. The molecule has 0 radical (unpaired) electrons. The van der Waals surface area contributed by atoms with Crippen molar-refractivity contribution in [2.75, 3.05) is 26.2 Å². The van der Waals surface area contributed by atoms with E-state index in [0.29, 0.717) is 19.6 Å². The zero-order valence-corrected chi connectivity index (χ0v) is 12.6. The summed E-state index contributed by atoms with van der Waals surface area (Å²) in [4.78, 5) is 0. The molecule has 0 aromatic carbocycles. The standard InChI is InChI=1S/C13H26N2O3S/c1-12-5-3-2-4-8-15(12)19(17,18)14-9-6-13(11-16)7-10-14/h12-13,16H,2-11H2,1H3. The Balaban J connectivity index is 2.04. The minimum atomic E-state index is -3.30. The lowest BCUT2D eigenvalue weighted by molar-refractivity contribution is 0.164. The van der Waals surface area contributed by atoms with E-state index in [1.54, 1.807) is 8.61 Å². The van der Waals surface area contributed by atoms with Crippen LogP contribution in [-0.4, -0.2) is 54.4 Å². The molecule has 2 aliphatic rings. The summed E-state index contributed by atoms with van der Waals surface area (Å²) in [6, 6.07) is 0.114. The molecule has 2 fully saturated rings. The number of nitrogens with zero attached hydrogens (tertiary/aromatic N) is 2. The normalized spacial score (nSPS) is 29.3. The van der Waals surface area contributed by atoms with Gasteiger partial charge in [-0.2, -0.15) is 17.0 Å². The van der Waals surface area contributed by atoms with Crippen molar-refractivity contribution >= 4 is 10.2 Å². The second kappa shape index (κ2) is 6.52. The van der Waals surface area contributed by atoms with Gasteiger partial charge in [0.15, 0.2) is 0 Å². The van der Waals surface area contributed by atoms with E-state index in [9.17, 15) is 8.42 Å². The Morgan fingerprint density at radius 1 is 1.05 bits per heavy atom. The third-order valence-electron chi connectivity index (χ3n) is 4.45. The van der Waals surface area contributed by atoms with Gasteiger partial charge in [-0.3, -0.25) is 0 Å². The smallest absolute Gasteiger partial charge is 0.282 e. The van der Waals surface area contributed by atoms with E-state index < -0.39 is 10.2 Å². The van der Waals surface area contributed by atoms with Crippen molar-refractivity contribution in [3.05, 3.63) is 0 Å². The fraction of sp³-hybridized carbons (Fsp3) is 1.00. The molecule has 0 aromatic heterocycles. The van der Waals surface area contributed by atoms with Gasteiger partial charge in [0.05, 0.1) is 0 Å². The SMILES string of the molecule is CC1CCCCCN1S(=O)(=O)N1CCC(CO)CC1. The topological polar surface area (TPSA) is 60.9 Å². The van der Waals surface area contributed by atoms with Crippen LogP contribution in [0.5, 0.6) is 0 Å². The van der Waals surface area contributed by atoms with Gasteiger partial charge in [-0.1, -0.05) is 12.8 Å². The average molecular weight is 290 g/mol. The summed E-state index contributed by atoms with van der Waals surface area (Å²) >= 11 is 0. The molecule has 6 heteroatoms. The molecule has 1 N–H and O–H groups in total. The van der Waals surface area contributed by atoms with Gasteiger partial charge >= 0.3 is 0 Å². The van der Waals surface area contributed by atoms with Crippen molar-refractivity contribution in [2.45, 2.75) is 51.5 Å². The Kier molecular flexibility index (Phi) is 5.22. The van der Waals surface area contributed by atoms with Gasteiger partial charge < -0.3 is 5.11 Å². The summed E-state index contributed by atoms with van der Waals surface area (Å²) in [7, 11) is -3.30. The van der Waals surface area contributed by atoms with Crippen LogP contribution in [0.15, 0.2) is 0 Å². The van der Waals surface area contributed by atoms with Crippen molar-refractivity contribution in [1.29, 1.82) is 0 Å². The lowest BCUT2D eigenvalue weighted by Gasteiger charge is -2.36. The number of rotatable bonds is 3. The Morgan fingerprint density at radius 2 is 1.74 bits per heavy atom. The summed E-state index contributed by atoms with van der Waals surface area (Å²) in [5, 5.41) is 9.13. The van der Waals surface area contributed by atoms with Gasteiger partial charge in [0, 0.05) is 32.3 Å². The minimum Gasteiger partial charge on any atom is -0.396 e. The van der Waals surface area contributed by atoms with Crippen LogP contribution < -0.4 is 0 Å². The molecule has 2 rings (SSSR count). The van der Waals surface area contributed by atoms with Crippen LogP contribution in [0, 0.1) is 5.92 Å². The molecule has 19 heavy (non-hydrogen) atoms. The molecule has 2 aliphatic heterocycles. The minimum absolute atomic E-state index is 0.114. The molecule has 0 aliphatic carbocycles. The molecule has 0 amide bonds. The van der Waals surface area contributed by atoms with Crippen LogP contribution in [0.4, 0.5) is 0 Å². The third kappa shape index (κ3) is 3.48. The van der Waals surface area contributed by atoms with Gasteiger partial charge in [-0.05, 0) is 38.5 Å². The summed E-state index contributed by atoms with van der Waals surface area (Å²) in [5.41, 5.74) is 0. The van der Waals surface area contributed by atoms with Gasteiger partial charge in [0.25, 0.3) is 10.2 Å². The summed E-state index contributed by atoms with van der Waals surface area (Å²) in [6.45, 7) is 3.95. The summed E-state index contributed by atoms with van der Waals surface area (Å²) in [5.74, 6) is 0.271. The largest absolute Gasteiger partial charge is 0.396 e. The van der Waals surface area contributed by atoms with E-state index in [0.717, 1.165) is 38.5 Å². The first-order valence-corrected chi connectivity index (χ1v) is 8.83. The van der Waals surface area contributed by atoms with E-state index in [2.05, 4.69) is 0 Å². The third-order valence-corrected chi connectivity index (χ3v) is 6.60. The molecule has 0 bridgehead atoms. The monoisotopic (exact) mass is 290 g/mol. The zero-order valence-electron chi connectivity index (χ0n) is 11.8. The molecule has 112 valence electrons. The fourth-order valence-corrected chi connectivity index (χ4v) is 4.95. The first-order valence-electron chi connectivity index (χ1n) is 7.43. The Morgan fingerprint density at radius 3 is 2.37 bits per heavy atom. The highest BCUT2D eigenvalue weighted by molar-refractivity contribution is 7.86. The maximum Gasteiger partial charge on any atom is 0.282 e. The lowest BCUT2D eigenvalue weighted by atomic mass is 10.00. The number of aliphatic hydroxyl groups is 1. The number of piperidine rings is 1. The highest BCUT2D eigenvalue weighted by Crippen LogP contribution is 2.25. The van der Waals surface area contributed by atoms with E-state index in [1.807, 2.05) is 6.92 Å². The molecule has 2 heterocycles. The Bertz CT molecular complexity index is 377. The number of aliphatic hydroxyl groups excluding tert-OH is 1. The maximum absolute atomic E-state index is 12.7. The van der Waals surface area contributed by atoms with Crippen LogP contribution in [0.3, 0.4) is 0 Å². The highest BCUT2D eigenvalue weighted by Gasteiger charge is 2.35. The molecular formula is C13H26N2O3S.